The van der Waals surface area contributed by atoms with Gasteiger partial charge in [0.25, 0.3) is 0 Å². The number of aromatic nitrogens is 4. The molecule has 4 aromatic rings. The average molecular weight is 441 g/mol. The summed E-state index contributed by atoms with van der Waals surface area (Å²) in [6.45, 7) is 0. The number of nitrogens with zero attached hydrogens (tertiary/aromatic N) is 4. The summed E-state index contributed by atoms with van der Waals surface area (Å²) < 4.78 is 40.1. The van der Waals surface area contributed by atoms with Crippen LogP contribution in [-0.2, 0) is 19.6 Å². The Balaban J connectivity index is 1.43. The number of anilines is 3. The fraction of sp³-hybridized carbons (Fsp3) is 0.143. The maximum Gasteiger partial charge on any atom is 0.416 e. The van der Waals surface area contributed by atoms with Crippen LogP contribution in [0.2, 0.25) is 0 Å². The average Bonchev–Trinajstić information content (AvgIpc) is 3.05. The van der Waals surface area contributed by atoms with Gasteiger partial charge >= 0.3 is 12.2 Å². The van der Waals surface area contributed by atoms with Gasteiger partial charge in [-0.15, -0.1) is 0 Å². The number of hydrogen-bond donors (Lipinski definition) is 3. The summed E-state index contributed by atoms with van der Waals surface area (Å²) in [5, 5.41) is 10.1. The van der Waals surface area contributed by atoms with Crippen LogP contribution in [0.5, 0.6) is 0 Å². The van der Waals surface area contributed by atoms with E-state index in [1.807, 2.05) is 0 Å². The van der Waals surface area contributed by atoms with Crippen LogP contribution in [0.3, 0.4) is 0 Å². The van der Waals surface area contributed by atoms with E-state index in [0.717, 1.165) is 23.4 Å². The van der Waals surface area contributed by atoms with E-state index in [2.05, 4.69) is 25.7 Å². The third kappa shape index (κ3) is 4.46. The van der Waals surface area contributed by atoms with Gasteiger partial charge in [-0.3, -0.25) is 4.68 Å². The molecule has 0 bridgehead atoms. The molecule has 0 aliphatic rings. The third-order valence-electron chi connectivity index (χ3n) is 4.75. The molecule has 8 nitrogen and oxygen atoms in total. The number of hydrogen-bond acceptors (Lipinski definition) is 5. The van der Waals surface area contributed by atoms with Crippen molar-refractivity contribution in [2.75, 3.05) is 16.4 Å². The second kappa shape index (κ2) is 8.17. The Morgan fingerprint density at radius 3 is 2.50 bits per heavy atom. The number of nitrogens with two attached hydrogens (primary N) is 1. The summed E-state index contributed by atoms with van der Waals surface area (Å²) in [4.78, 5) is 20.4. The van der Waals surface area contributed by atoms with Crippen molar-refractivity contribution in [3.8, 4) is 0 Å². The molecular weight excluding hydrogens is 423 g/mol. The summed E-state index contributed by atoms with van der Waals surface area (Å²) in [6, 6.07) is 10.7. The van der Waals surface area contributed by atoms with Gasteiger partial charge in [0.2, 0.25) is 0 Å². The molecule has 164 valence electrons. The van der Waals surface area contributed by atoms with Gasteiger partial charge in [0.15, 0.2) is 5.65 Å². The fourth-order valence-corrected chi connectivity index (χ4v) is 3.28. The quantitative estimate of drug-likeness (QED) is 0.440. The van der Waals surface area contributed by atoms with Gasteiger partial charge in [-0.05, 0) is 35.9 Å². The predicted molar refractivity (Wildman–Crippen MR) is 114 cm³/mol. The van der Waals surface area contributed by atoms with Gasteiger partial charge < -0.3 is 16.4 Å². The fourth-order valence-electron chi connectivity index (χ4n) is 3.28. The van der Waals surface area contributed by atoms with Crippen LogP contribution in [-0.4, -0.2) is 25.8 Å². The molecule has 2 heterocycles. The third-order valence-corrected chi connectivity index (χ3v) is 4.75. The molecule has 0 atom stereocenters. The molecule has 11 heteroatoms. The van der Waals surface area contributed by atoms with Gasteiger partial charge in [-0.1, -0.05) is 18.2 Å². The first-order valence-electron chi connectivity index (χ1n) is 9.47. The Kier molecular flexibility index (Phi) is 5.39. The van der Waals surface area contributed by atoms with Crippen LogP contribution < -0.4 is 16.4 Å². The standard InChI is InChI=1S/C21H18F3N7O/c1-31-19-17(18(25)26-11-27-19)16(30-31)9-12-5-7-14(8-6-12)28-20(32)29-15-4-2-3-13(10-15)21(22,23)24/h2-8,10-11H,9H2,1H3,(H2,25,26,27)(H2,28,29,32). The van der Waals surface area contributed by atoms with Crippen LogP contribution in [0.4, 0.5) is 35.2 Å². The maximum absolute atomic E-state index is 12.8. The molecular formula is C21H18F3N7O. The molecule has 4 N–H and O–H groups in total. The number of alkyl halides is 3. The SMILES string of the molecule is Cn1nc(Cc2ccc(NC(=O)Nc3cccc(C(F)(F)F)c3)cc2)c2c(N)ncnc21. The van der Waals surface area contributed by atoms with E-state index in [1.54, 1.807) is 36.0 Å². The topological polar surface area (TPSA) is 111 Å². The molecule has 0 saturated carbocycles. The number of nitrogen functional groups attached to an aromatic ring is 1. The first-order valence-corrected chi connectivity index (χ1v) is 9.47. The van der Waals surface area contributed by atoms with Crippen molar-refractivity contribution in [3.63, 3.8) is 0 Å². The molecule has 2 aromatic carbocycles. The number of amides is 2. The van der Waals surface area contributed by atoms with Gasteiger partial charge in [0.1, 0.15) is 12.1 Å². The minimum absolute atomic E-state index is 0.0378. The molecule has 32 heavy (non-hydrogen) atoms. The lowest BCUT2D eigenvalue weighted by molar-refractivity contribution is -0.137. The van der Waals surface area contributed by atoms with Crippen molar-refractivity contribution in [3.05, 3.63) is 71.7 Å². The largest absolute Gasteiger partial charge is 0.416 e. The number of carbonyl (C=O) groups excluding carboxylic acids is 1. The van der Waals surface area contributed by atoms with Crippen molar-refractivity contribution < 1.29 is 18.0 Å². The highest BCUT2D eigenvalue weighted by Gasteiger charge is 2.30. The molecule has 0 aliphatic carbocycles. The smallest absolute Gasteiger partial charge is 0.383 e. The predicted octanol–water partition coefficient (Wildman–Crippen LogP) is 4.20. The zero-order valence-electron chi connectivity index (χ0n) is 16.8. The van der Waals surface area contributed by atoms with E-state index >= 15 is 0 Å². The van der Waals surface area contributed by atoms with Gasteiger partial charge in [-0.25, -0.2) is 14.8 Å². The Labute approximate surface area is 180 Å². The van der Waals surface area contributed by atoms with Crippen LogP contribution in [0.25, 0.3) is 11.0 Å². The molecule has 0 spiro atoms. The van der Waals surface area contributed by atoms with E-state index in [1.165, 1.54) is 18.5 Å². The highest BCUT2D eigenvalue weighted by Crippen LogP contribution is 2.30. The zero-order chi connectivity index (χ0) is 22.9. The Hall–Kier alpha value is -4.15. The lowest BCUT2D eigenvalue weighted by Gasteiger charge is -2.11. The van der Waals surface area contributed by atoms with E-state index in [4.69, 9.17) is 5.73 Å². The molecule has 2 amide bonds. The summed E-state index contributed by atoms with van der Waals surface area (Å²) >= 11 is 0. The van der Waals surface area contributed by atoms with Gasteiger partial charge in [0, 0.05) is 24.8 Å². The normalized spacial score (nSPS) is 11.5. The zero-order valence-corrected chi connectivity index (χ0v) is 16.8. The first-order chi connectivity index (χ1) is 15.2. The highest BCUT2D eigenvalue weighted by molar-refractivity contribution is 5.99. The summed E-state index contributed by atoms with van der Waals surface area (Å²) in [5.41, 5.74) is 7.93. The lowest BCUT2D eigenvalue weighted by atomic mass is 10.1. The number of rotatable bonds is 4. The van der Waals surface area contributed by atoms with Crippen molar-refractivity contribution in [2.24, 2.45) is 7.05 Å². The number of nitrogens with one attached hydrogen (secondary N) is 2. The minimum Gasteiger partial charge on any atom is -0.383 e. The number of benzene rings is 2. The number of aryl methyl sites for hydroxylation is 1. The lowest BCUT2D eigenvalue weighted by Crippen LogP contribution is -2.19. The Morgan fingerprint density at radius 2 is 1.78 bits per heavy atom. The maximum atomic E-state index is 12.8. The van der Waals surface area contributed by atoms with Gasteiger partial charge in [-0.2, -0.15) is 18.3 Å². The van der Waals surface area contributed by atoms with Crippen molar-refractivity contribution in [2.45, 2.75) is 12.6 Å². The van der Waals surface area contributed by atoms with Crippen molar-refractivity contribution >= 4 is 34.3 Å². The van der Waals surface area contributed by atoms with Crippen LogP contribution >= 0.6 is 0 Å². The molecule has 0 fully saturated rings. The summed E-state index contributed by atoms with van der Waals surface area (Å²) in [6.07, 6.45) is -2.63. The Bertz CT molecular complexity index is 1280. The van der Waals surface area contributed by atoms with Crippen LogP contribution in [0.1, 0.15) is 16.8 Å². The molecule has 0 radical (unpaired) electrons. The number of fused-ring (bicyclic) bond motifs is 1. The summed E-state index contributed by atoms with van der Waals surface area (Å²) in [5.74, 6) is 0.350. The van der Waals surface area contributed by atoms with Crippen LogP contribution in [0.15, 0.2) is 54.9 Å². The van der Waals surface area contributed by atoms with E-state index in [-0.39, 0.29) is 5.69 Å². The second-order valence-electron chi connectivity index (χ2n) is 7.06. The minimum atomic E-state index is -4.49. The molecule has 0 saturated heterocycles. The second-order valence-corrected chi connectivity index (χ2v) is 7.06. The van der Waals surface area contributed by atoms with Gasteiger partial charge in [0.05, 0.1) is 16.6 Å². The number of halogens is 3. The molecule has 2 aromatic heterocycles. The highest BCUT2D eigenvalue weighted by atomic mass is 19.4. The van der Waals surface area contributed by atoms with E-state index in [9.17, 15) is 18.0 Å². The van der Waals surface area contributed by atoms with Crippen molar-refractivity contribution in [1.29, 1.82) is 0 Å². The number of urea groups is 1. The first kappa shape index (κ1) is 21.1. The Morgan fingerprint density at radius 1 is 1.06 bits per heavy atom. The monoisotopic (exact) mass is 441 g/mol. The molecule has 0 unspecified atom stereocenters. The summed E-state index contributed by atoms with van der Waals surface area (Å²) in [7, 11) is 1.77. The molecule has 0 aliphatic heterocycles. The van der Waals surface area contributed by atoms with E-state index in [0.29, 0.717) is 29.0 Å². The van der Waals surface area contributed by atoms with E-state index < -0.39 is 17.8 Å². The molecule has 4 rings (SSSR count). The van der Waals surface area contributed by atoms with Crippen LogP contribution in [0, 0.1) is 0 Å². The van der Waals surface area contributed by atoms with Crippen molar-refractivity contribution in [1.82, 2.24) is 19.7 Å². The number of carbonyl (C=O) groups is 1.